The maximum atomic E-state index is 12.8. The second kappa shape index (κ2) is 7.81. The van der Waals surface area contributed by atoms with Crippen LogP contribution in [0.25, 0.3) is 0 Å². The monoisotopic (exact) mass is 385 g/mol. The van der Waals surface area contributed by atoms with Gasteiger partial charge in [0.15, 0.2) is 11.5 Å². The number of halogens is 1. The van der Waals surface area contributed by atoms with Crippen LogP contribution in [0.5, 0.6) is 11.5 Å². The summed E-state index contributed by atoms with van der Waals surface area (Å²) in [5.41, 5.74) is 3.03. The van der Waals surface area contributed by atoms with Crippen molar-refractivity contribution >= 4 is 17.5 Å². The number of nitrogens with zero attached hydrogens (tertiary/aromatic N) is 1. The number of rotatable bonds is 4. The highest BCUT2D eigenvalue weighted by Crippen LogP contribution is 2.36. The SMILES string of the molecule is COc1cc2c(cc1OC1CCCC1)CN(C(=O)c1ccc(Cl)cc1)CC2. The summed E-state index contributed by atoms with van der Waals surface area (Å²) in [6, 6.07) is 11.2. The minimum absolute atomic E-state index is 0.0337. The zero-order chi connectivity index (χ0) is 18.8. The van der Waals surface area contributed by atoms with Gasteiger partial charge in [-0.2, -0.15) is 0 Å². The minimum Gasteiger partial charge on any atom is -0.493 e. The molecule has 0 unspecified atom stereocenters. The first-order chi connectivity index (χ1) is 13.1. The topological polar surface area (TPSA) is 38.8 Å². The highest BCUT2D eigenvalue weighted by molar-refractivity contribution is 6.30. The first kappa shape index (κ1) is 18.2. The van der Waals surface area contributed by atoms with E-state index < -0.39 is 0 Å². The number of hydrogen-bond donors (Lipinski definition) is 0. The fourth-order valence-corrected chi connectivity index (χ4v) is 4.08. The molecular formula is C22H24ClNO3. The predicted octanol–water partition coefficient (Wildman–Crippen LogP) is 4.87. The number of benzene rings is 2. The number of carbonyl (C=O) groups excluding carboxylic acids is 1. The van der Waals surface area contributed by atoms with Crippen molar-refractivity contribution in [3.05, 3.63) is 58.1 Å². The Labute approximate surface area is 165 Å². The van der Waals surface area contributed by atoms with Crippen LogP contribution in [-0.4, -0.2) is 30.6 Å². The van der Waals surface area contributed by atoms with Crippen LogP contribution in [0, 0.1) is 0 Å². The Bertz CT molecular complexity index is 828. The first-order valence-electron chi connectivity index (χ1n) is 9.55. The third-order valence-corrected chi connectivity index (χ3v) is 5.72. The Morgan fingerprint density at radius 3 is 2.48 bits per heavy atom. The smallest absolute Gasteiger partial charge is 0.254 e. The molecule has 4 rings (SSSR count). The summed E-state index contributed by atoms with van der Waals surface area (Å²) in [7, 11) is 1.68. The largest absolute Gasteiger partial charge is 0.493 e. The van der Waals surface area contributed by atoms with E-state index in [1.807, 2.05) is 4.90 Å². The lowest BCUT2D eigenvalue weighted by molar-refractivity contribution is 0.0734. The molecule has 2 aliphatic rings. The van der Waals surface area contributed by atoms with Crippen molar-refractivity contribution in [2.45, 2.75) is 44.8 Å². The van der Waals surface area contributed by atoms with Crippen LogP contribution in [0.1, 0.15) is 47.2 Å². The maximum Gasteiger partial charge on any atom is 0.254 e. The minimum atomic E-state index is 0.0337. The van der Waals surface area contributed by atoms with E-state index in [4.69, 9.17) is 21.1 Å². The van der Waals surface area contributed by atoms with Gasteiger partial charge in [-0.15, -0.1) is 0 Å². The number of hydrogen-bond acceptors (Lipinski definition) is 3. The fourth-order valence-electron chi connectivity index (χ4n) is 3.95. The number of ether oxygens (including phenoxy) is 2. The van der Waals surface area contributed by atoms with E-state index in [9.17, 15) is 4.79 Å². The molecule has 0 radical (unpaired) electrons. The molecule has 2 aromatic carbocycles. The molecule has 1 amide bonds. The maximum absolute atomic E-state index is 12.8. The molecule has 0 saturated heterocycles. The lowest BCUT2D eigenvalue weighted by Crippen LogP contribution is -2.36. The second-order valence-electron chi connectivity index (χ2n) is 7.28. The van der Waals surface area contributed by atoms with Gasteiger partial charge in [-0.1, -0.05) is 11.6 Å². The van der Waals surface area contributed by atoms with Gasteiger partial charge in [0, 0.05) is 23.7 Å². The number of amides is 1. The van der Waals surface area contributed by atoms with Crippen LogP contribution in [-0.2, 0) is 13.0 Å². The van der Waals surface area contributed by atoms with Crippen LogP contribution in [0.2, 0.25) is 5.02 Å². The molecule has 0 spiro atoms. The van der Waals surface area contributed by atoms with Gasteiger partial charge in [0.2, 0.25) is 0 Å². The molecule has 1 aliphatic heterocycles. The van der Waals surface area contributed by atoms with Crippen LogP contribution in [0.15, 0.2) is 36.4 Å². The standard InChI is InChI=1S/C22H24ClNO3/c1-26-20-12-16-10-11-24(22(25)15-6-8-18(23)9-7-15)14-17(16)13-21(20)27-19-4-2-3-5-19/h6-9,12-13,19H,2-5,10-11,14H2,1H3. The van der Waals surface area contributed by atoms with Crippen LogP contribution in [0.4, 0.5) is 0 Å². The van der Waals surface area contributed by atoms with E-state index in [0.717, 1.165) is 36.3 Å². The first-order valence-corrected chi connectivity index (χ1v) is 9.93. The van der Waals surface area contributed by atoms with Crippen LogP contribution in [0.3, 0.4) is 0 Å². The van der Waals surface area contributed by atoms with Crippen LogP contribution < -0.4 is 9.47 Å². The third kappa shape index (κ3) is 3.91. The number of carbonyl (C=O) groups is 1. The van der Waals surface area contributed by atoms with Gasteiger partial charge in [0.1, 0.15) is 0 Å². The van der Waals surface area contributed by atoms with Crippen molar-refractivity contribution in [3.8, 4) is 11.5 Å². The lowest BCUT2D eigenvalue weighted by Gasteiger charge is -2.30. The van der Waals surface area contributed by atoms with Gasteiger partial charge >= 0.3 is 0 Å². The Hall–Kier alpha value is -2.20. The van der Waals surface area contributed by atoms with E-state index in [0.29, 0.717) is 23.7 Å². The van der Waals surface area contributed by atoms with Gasteiger partial charge in [-0.05, 0) is 79.6 Å². The molecule has 1 saturated carbocycles. The van der Waals surface area contributed by atoms with Crippen molar-refractivity contribution in [1.82, 2.24) is 4.90 Å². The molecule has 0 bridgehead atoms. The molecule has 1 fully saturated rings. The molecule has 0 aromatic heterocycles. The fraction of sp³-hybridized carbons (Fsp3) is 0.409. The van der Waals surface area contributed by atoms with Crippen molar-refractivity contribution in [2.24, 2.45) is 0 Å². The van der Waals surface area contributed by atoms with Crippen molar-refractivity contribution in [3.63, 3.8) is 0 Å². The number of methoxy groups -OCH3 is 1. The summed E-state index contributed by atoms with van der Waals surface area (Å²) in [6.45, 7) is 1.28. The summed E-state index contributed by atoms with van der Waals surface area (Å²) in [5.74, 6) is 1.62. The van der Waals surface area contributed by atoms with Crippen molar-refractivity contribution < 1.29 is 14.3 Å². The Morgan fingerprint density at radius 2 is 1.78 bits per heavy atom. The van der Waals surface area contributed by atoms with E-state index in [-0.39, 0.29) is 12.0 Å². The molecule has 2 aromatic rings. The normalized spacial score (nSPS) is 16.9. The predicted molar refractivity (Wildman–Crippen MR) is 106 cm³/mol. The summed E-state index contributed by atoms with van der Waals surface area (Å²) >= 11 is 5.93. The molecule has 1 heterocycles. The zero-order valence-corrected chi connectivity index (χ0v) is 16.3. The molecule has 5 heteroatoms. The van der Waals surface area contributed by atoms with E-state index >= 15 is 0 Å². The van der Waals surface area contributed by atoms with Crippen molar-refractivity contribution in [2.75, 3.05) is 13.7 Å². The highest BCUT2D eigenvalue weighted by Gasteiger charge is 2.25. The molecule has 0 N–H and O–H groups in total. The molecule has 1 aliphatic carbocycles. The third-order valence-electron chi connectivity index (χ3n) is 5.47. The molecule has 27 heavy (non-hydrogen) atoms. The average Bonchev–Trinajstić information content (AvgIpc) is 3.20. The molecule has 142 valence electrons. The molecular weight excluding hydrogens is 362 g/mol. The summed E-state index contributed by atoms with van der Waals surface area (Å²) in [4.78, 5) is 14.7. The summed E-state index contributed by atoms with van der Waals surface area (Å²) in [6.07, 6.45) is 5.73. The second-order valence-corrected chi connectivity index (χ2v) is 7.72. The zero-order valence-electron chi connectivity index (χ0n) is 15.5. The Kier molecular flexibility index (Phi) is 5.26. The van der Waals surface area contributed by atoms with Gasteiger partial charge in [-0.3, -0.25) is 4.79 Å². The number of fused-ring (bicyclic) bond motifs is 1. The Balaban J connectivity index is 1.55. The summed E-state index contributed by atoms with van der Waals surface area (Å²) < 4.78 is 11.8. The van der Waals surface area contributed by atoms with Gasteiger partial charge in [-0.25, -0.2) is 0 Å². The van der Waals surface area contributed by atoms with E-state index in [2.05, 4.69) is 12.1 Å². The van der Waals surface area contributed by atoms with Crippen LogP contribution >= 0.6 is 11.6 Å². The lowest BCUT2D eigenvalue weighted by atomic mass is 9.98. The molecule has 0 atom stereocenters. The van der Waals surface area contributed by atoms with Gasteiger partial charge in [0.25, 0.3) is 5.91 Å². The van der Waals surface area contributed by atoms with Gasteiger partial charge in [0.05, 0.1) is 13.2 Å². The quantitative estimate of drug-likeness (QED) is 0.753. The van der Waals surface area contributed by atoms with E-state index in [1.54, 1.807) is 31.4 Å². The Morgan fingerprint density at radius 1 is 1.07 bits per heavy atom. The summed E-state index contributed by atoms with van der Waals surface area (Å²) in [5, 5.41) is 0.635. The average molecular weight is 386 g/mol. The highest BCUT2D eigenvalue weighted by atomic mass is 35.5. The van der Waals surface area contributed by atoms with Gasteiger partial charge < -0.3 is 14.4 Å². The van der Waals surface area contributed by atoms with Crippen molar-refractivity contribution in [1.29, 1.82) is 0 Å². The molecule has 4 nitrogen and oxygen atoms in total. The van der Waals surface area contributed by atoms with E-state index in [1.165, 1.54) is 18.4 Å².